The van der Waals surface area contributed by atoms with Crippen LogP contribution in [-0.2, 0) is 10.1 Å². The first-order valence-corrected chi connectivity index (χ1v) is 9.26. The fourth-order valence-electron chi connectivity index (χ4n) is 3.93. The first kappa shape index (κ1) is 14.5. The van der Waals surface area contributed by atoms with Gasteiger partial charge in [0.05, 0.1) is 0 Å². The van der Waals surface area contributed by atoms with E-state index in [1.165, 1.54) is 6.07 Å². The highest BCUT2D eigenvalue weighted by Crippen LogP contribution is 2.42. The minimum Gasteiger partial charge on any atom is -0.398 e. The van der Waals surface area contributed by atoms with Gasteiger partial charge in [-0.15, -0.1) is 0 Å². The number of nitrogens with two attached hydrogens (primary N) is 1. The van der Waals surface area contributed by atoms with Gasteiger partial charge in [-0.25, -0.2) is 0 Å². The summed E-state index contributed by atoms with van der Waals surface area (Å²) in [5.74, 6) is 0. The van der Waals surface area contributed by atoms with Crippen LogP contribution in [0, 0.1) is 0 Å². The summed E-state index contributed by atoms with van der Waals surface area (Å²) in [5.41, 5.74) is 6.87. The molecule has 122 valence electrons. The SMILES string of the molecule is Nc1ccc2c3cccc4c(S(=O)(=O)O)ccc(c5cccc1c25)c43. The van der Waals surface area contributed by atoms with E-state index in [0.717, 1.165) is 37.7 Å². The monoisotopic (exact) mass is 347 g/mol. The summed E-state index contributed by atoms with van der Waals surface area (Å²) in [4.78, 5) is -0.0702. The van der Waals surface area contributed by atoms with E-state index >= 15 is 0 Å². The van der Waals surface area contributed by atoms with Gasteiger partial charge < -0.3 is 5.73 Å². The molecule has 0 saturated heterocycles. The smallest absolute Gasteiger partial charge is 0.295 e. The van der Waals surface area contributed by atoms with Crippen molar-refractivity contribution in [3.63, 3.8) is 0 Å². The maximum absolute atomic E-state index is 11.8. The second kappa shape index (κ2) is 4.59. The second-order valence-corrected chi connectivity index (χ2v) is 7.63. The van der Waals surface area contributed by atoms with Crippen molar-refractivity contribution >= 4 is 58.9 Å². The minimum absolute atomic E-state index is 0.0702. The van der Waals surface area contributed by atoms with Crippen LogP contribution in [0.1, 0.15) is 0 Å². The van der Waals surface area contributed by atoms with Crippen LogP contribution in [0.3, 0.4) is 0 Å². The van der Waals surface area contributed by atoms with Crippen molar-refractivity contribution in [1.82, 2.24) is 0 Å². The molecule has 0 amide bonds. The van der Waals surface area contributed by atoms with E-state index in [1.54, 1.807) is 12.1 Å². The lowest BCUT2D eigenvalue weighted by atomic mass is 9.89. The van der Waals surface area contributed by atoms with Crippen LogP contribution in [0.4, 0.5) is 5.69 Å². The molecule has 5 heteroatoms. The highest BCUT2D eigenvalue weighted by Gasteiger charge is 2.19. The van der Waals surface area contributed by atoms with E-state index in [-0.39, 0.29) is 4.90 Å². The minimum atomic E-state index is -4.30. The molecule has 0 aliphatic rings. The van der Waals surface area contributed by atoms with E-state index in [9.17, 15) is 13.0 Å². The molecule has 5 aromatic rings. The van der Waals surface area contributed by atoms with Gasteiger partial charge in [-0.1, -0.05) is 48.5 Å². The van der Waals surface area contributed by atoms with Gasteiger partial charge in [0.15, 0.2) is 0 Å². The van der Waals surface area contributed by atoms with Crippen LogP contribution < -0.4 is 5.73 Å². The maximum Gasteiger partial charge on any atom is 0.295 e. The van der Waals surface area contributed by atoms with Gasteiger partial charge in [0.2, 0.25) is 0 Å². The molecule has 0 aliphatic carbocycles. The first-order valence-electron chi connectivity index (χ1n) is 7.82. The van der Waals surface area contributed by atoms with Crippen molar-refractivity contribution in [2.45, 2.75) is 4.90 Å². The van der Waals surface area contributed by atoms with Gasteiger partial charge >= 0.3 is 0 Å². The summed E-state index contributed by atoms with van der Waals surface area (Å²) in [5, 5.41) is 7.34. The Kier molecular flexibility index (Phi) is 2.66. The average Bonchev–Trinajstić information content (AvgIpc) is 2.59. The van der Waals surface area contributed by atoms with Crippen LogP contribution in [0.25, 0.3) is 43.1 Å². The highest BCUT2D eigenvalue weighted by molar-refractivity contribution is 7.86. The molecule has 0 spiro atoms. The third kappa shape index (κ3) is 1.82. The van der Waals surface area contributed by atoms with Gasteiger partial charge in [0.25, 0.3) is 10.1 Å². The third-order valence-electron chi connectivity index (χ3n) is 4.93. The fourth-order valence-corrected chi connectivity index (χ4v) is 4.62. The van der Waals surface area contributed by atoms with Crippen LogP contribution >= 0.6 is 0 Å². The summed E-state index contributed by atoms with van der Waals surface area (Å²) < 4.78 is 33.2. The Morgan fingerprint density at radius 1 is 0.640 bits per heavy atom. The number of hydrogen-bond donors (Lipinski definition) is 2. The average molecular weight is 347 g/mol. The number of fused-ring (bicyclic) bond motifs is 2. The molecule has 25 heavy (non-hydrogen) atoms. The predicted molar refractivity (Wildman–Crippen MR) is 102 cm³/mol. The Labute approximate surface area is 143 Å². The van der Waals surface area contributed by atoms with E-state index < -0.39 is 10.1 Å². The summed E-state index contributed by atoms with van der Waals surface area (Å²) in [7, 11) is -4.30. The van der Waals surface area contributed by atoms with E-state index in [4.69, 9.17) is 5.73 Å². The lowest BCUT2D eigenvalue weighted by Gasteiger charge is -2.16. The summed E-state index contributed by atoms with van der Waals surface area (Å²) >= 11 is 0. The maximum atomic E-state index is 11.8. The van der Waals surface area contributed by atoms with Crippen LogP contribution in [0.5, 0.6) is 0 Å². The Hall–Kier alpha value is -2.89. The third-order valence-corrected chi connectivity index (χ3v) is 5.85. The molecule has 0 saturated carbocycles. The molecule has 0 unspecified atom stereocenters. The molecular weight excluding hydrogens is 334 g/mol. The molecular formula is C20H13NO3S. The number of benzene rings is 5. The van der Waals surface area contributed by atoms with Crippen LogP contribution in [-0.4, -0.2) is 13.0 Å². The topological polar surface area (TPSA) is 80.4 Å². The predicted octanol–water partition coefficient (Wildman–Crippen LogP) is 4.57. The molecule has 5 rings (SSSR count). The molecule has 0 fully saturated rings. The van der Waals surface area contributed by atoms with Crippen molar-refractivity contribution < 1.29 is 13.0 Å². The normalized spacial score (nSPS) is 12.7. The molecule has 3 N–H and O–H groups in total. The van der Waals surface area contributed by atoms with Gasteiger partial charge in [-0.2, -0.15) is 8.42 Å². The second-order valence-electron chi connectivity index (χ2n) is 6.24. The van der Waals surface area contributed by atoms with E-state index in [2.05, 4.69) is 0 Å². The van der Waals surface area contributed by atoms with E-state index in [1.807, 2.05) is 42.5 Å². The molecule has 0 aromatic heterocycles. The van der Waals surface area contributed by atoms with Gasteiger partial charge in [0, 0.05) is 16.5 Å². The molecule has 0 radical (unpaired) electrons. The molecule has 5 aromatic carbocycles. The zero-order chi connectivity index (χ0) is 17.3. The molecule has 4 nitrogen and oxygen atoms in total. The van der Waals surface area contributed by atoms with Gasteiger partial charge in [-0.3, -0.25) is 4.55 Å². The first-order chi connectivity index (χ1) is 12.0. The molecule has 0 aliphatic heterocycles. The van der Waals surface area contributed by atoms with Crippen molar-refractivity contribution in [2.75, 3.05) is 5.73 Å². The largest absolute Gasteiger partial charge is 0.398 e. The number of nitrogen functional groups attached to an aromatic ring is 1. The number of rotatable bonds is 1. The van der Waals surface area contributed by atoms with Crippen LogP contribution in [0.15, 0.2) is 65.6 Å². The summed E-state index contributed by atoms with van der Waals surface area (Å²) in [6.45, 7) is 0. The quantitative estimate of drug-likeness (QED) is 0.201. The molecule has 0 heterocycles. The molecule has 0 atom stereocenters. The fraction of sp³-hybridized carbons (Fsp3) is 0. The van der Waals surface area contributed by atoms with Crippen LogP contribution in [0.2, 0.25) is 0 Å². The highest BCUT2D eigenvalue weighted by atomic mass is 32.2. The van der Waals surface area contributed by atoms with Crippen molar-refractivity contribution in [2.24, 2.45) is 0 Å². The Bertz CT molecular complexity index is 1400. The van der Waals surface area contributed by atoms with Gasteiger partial charge in [-0.05, 0) is 44.5 Å². The summed E-state index contributed by atoms with van der Waals surface area (Å²) in [6.07, 6.45) is 0. The van der Waals surface area contributed by atoms with Crippen molar-refractivity contribution in [3.8, 4) is 0 Å². The lowest BCUT2D eigenvalue weighted by Crippen LogP contribution is -2.00. The zero-order valence-corrected chi connectivity index (χ0v) is 13.8. The zero-order valence-electron chi connectivity index (χ0n) is 13.0. The number of anilines is 1. The van der Waals surface area contributed by atoms with Crippen molar-refractivity contribution in [1.29, 1.82) is 0 Å². The Morgan fingerprint density at radius 3 is 1.76 bits per heavy atom. The number of hydrogen-bond acceptors (Lipinski definition) is 3. The standard InChI is InChI=1S/C20H13NO3S/c21-17-9-7-13-12-4-2-6-16-18(25(22,23)24)10-8-14(20(12)16)11-3-1-5-15(17)19(11)13/h1-10H,21H2,(H,22,23,24). The molecule has 0 bridgehead atoms. The lowest BCUT2D eigenvalue weighted by molar-refractivity contribution is 0.484. The van der Waals surface area contributed by atoms with Gasteiger partial charge in [0.1, 0.15) is 4.90 Å². The Balaban J connectivity index is 2.20. The Morgan fingerprint density at radius 2 is 1.12 bits per heavy atom. The summed E-state index contributed by atoms with van der Waals surface area (Å²) in [6, 6.07) is 18.5. The van der Waals surface area contributed by atoms with Crippen molar-refractivity contribution in [3.05, 3.63) is 60.7 Å². The van der Waals surface area contributed by atoms with E-state index in [0.29, 0.717) is 11.1 Å².